The van der Waals surface area contributed by atoms with Gasteiger partial charge in [-0.25, -0.2) is 0 Å². The molecule has 0 bridgehead atoms. The second-order valence-electron chi connectivity index (χ2n) is 5.86. The minimum Gasteiger partial charge on any atom is -0.378 e. The normalized spacial score (nSPS) is 10.5. The Hall–Kier alpha value is -2.08. The van der Waals surface area contributed by atoms with E-state index in [1.165, 1.54) is 0 Å². The van der Waals surface area contributed by atoms with E-state index in [2.05, 4.69) is 10.6 Å². The van der Waals surface area contributed by atoms with Crippen molar-refractivity contribution in [2.45, 2.75) is 19.9 Å². The van der Waals surface area contributed by atoms with Gasteiger partial charge in [0.15, 0.2) is 0 Å². The Morgan fingerprint density at radius 2 is 1.52 bits per heavy atom. The van der Waals surface area contributed by atoms with Gasteiger partial charge in [-0.05, 0) is 31.2 Å². The lowest BCUT2D eigenvalue weighted by atomic mass is 10.2. The zero-order chi connectivity index (χ0) is 17.2. The average molecular weight is 320 g/mol. The molecule has 0 saturated heterocycles. The van der Waals surface area contributed by atoms with Crippen molar-refractivity contribution in [3.05, 3.63) is 29.8 Å². The monoisotopic (exact) mass is 320 g/mol. The van der Waals surface area contributed by atoms with Crippen LogP contribution in [0.3, 0.4) is 0 Å². The van der Waals surface area contributed by atoms with Crippen LogP contribution in [0.25, 0.3) is 0 Å². The number of rotatable bonds is 9. The van der Waals surface area contributed by atoms with Crippen molar-refractivity contribution in [1.82, 2.24) is 15.5 Å². The van der Waals surface area contributed by atoms with Gasteiger partial charge in [0.2, 0.25) is 11.8 Å². The largest absolute Gasteiger partial charge is 0.378 e. The van der Waals surface area contributed by atoms with Gasteiger partial charge in [-0.2, -0.15) is 0 Å². The van der Waals surface area contributed by atoms with Gasteiger partial charge in [-0.3, -0.25) is 14.5 Å². The quantitative estimate of drug-likeness (QED) is 0.707. The fourth-order valence-corrected chi connectivity index (χ4v) is 2.04. The molecule has 0 unspecified atom stereocenters. The summed E-state index contributed by atoms with van der Waals surface area (Å²) in [4.78, 5) is 27.2. The van der Waals surface area contributed by atoms with Crippen molar-refractivity contribution in [2.24, 2.45) is 0 Å². The van der Waals surface area contributed by atoms with E-state index < -0.39 is 0 Å². The third kappa shape index (κ3) is 7.65. The summed E-state index contributed by atoms with van der Waals surface area (Å²) in [5.74, 6) is -0.145. The molecule has 23 heavy (non-hydrogen) atoms. The Bertz CT molecular complexity index is 500. The highest BCUT2D eigenvalue weighted by atomic mass is 16.2. The third-order valence-corrected chi connectivity index (χ3v) is 3.34. The van der Waals surface area contributed by atoms with E-state index in [4.69, 9.17) is 0 Å². The molecular formula is C17H28N4O2. The van der Waals surface area contributed by atoms with Gasteiger partial charge in [0.05, 0.1) is 13.1 Å². The van der Waals surface area contributed by atoms with E-state index in [9.17, 15) is 9.59 Å². The number of anilines is 1. The summed E-state index contributed by atoms with van der Waals surface area (Å²) in [7, 11) is 5.74. The topological polar surface area (TPSA) is 64.7 Å². The summed E-state index contributed by atoms with van der Waals surface area (Å²) in [6.45, 7) is 3.59. The maximum Gasteiger partial charge on any atom is 0.234 e. The maximum atomic E-state index is 11.9. The molecule has 0 aliphatic carbocycles. The van der Waals surface area contributed by atoms with E-state index in [1.54, 1.807) is 11.9 Å². The molecule has 1 aromatic carbocycles. The van der Waals surface area contributed by atoms with Gasteiger partial charge >= 0.3 is 0 Å². The van der Waals surface area contributed by atoms with E-state index >= 15 is 0 Å². The van der Waals surface area contributed by atoms with Crippen molar-refractivity contribution >= 4 is 17.5 Å². The number of nitrogens with one attached hydrogen (secondary N) is 2. The highest BCUT2D eigenvalue weighted by Crippen LogP contribution is 2.11. The Labute approximate surface area is 138 Å². The minimum absolute atomic E-state index is 0.0542. The first-order valence-corrected chi connectivity index (χ1v) is 7.90. The highest BCUT2D eigenvalue weighted by molar-refractivity contribution is 5.81. The first-order valence-electron chi connectivity index (χ1n) is 7.90. The molecule has 0 fully saturated rings. The molecule has 1 rings (SSSR count). The average Bonchev–Trinajstić information content (AvgIpc) is 2.51. The van der Waals surface area contributed by atoms with Crippen molar-refractivity contribution in [1.29, 1.82) is 0 Å². The van der Waals surface area contributed by atoms with Gasteiger partial charge < -0.3 is 15.5 Å². The number of carbonyl (C=O) groups is 2. The third-order valence-electron chi connectivity index (χ3n) is 3.34. The number of amides is 2. The molecule has 0 saturated carbocycles. The molecule has 0 radical (unpaired) electrons. The van der Waals surface area contributed by atoms with Crippen LogP contribution in [0.4, 0.5) is 5.69 Å². The number of hydrogen-bond donors (Lipinski definition) is 2. The Morgan fingerprint density at radius 3 is 2.04 bits per heavy atom. The van der Waals surface area contributed by atoms with Gasteiger partial charge in [0.25, 0.3) is 0 Å². The smallest absolute Gasteiger partial charge is 0.234 e. The molecule has 128 valence electrons. The molecule has 6 nitrogen and oxygen atoms in total. The van der Waals surface area contributed by atoms with Crippen LogP contribution in [0.5, 0.6) is 0 Å². The number of carbonyl (C=O) groups excluding carboxylic acids is 2. The molecule has 1 aromatic rings. The van der Waals surface area contributed by atoms with Crippen LogP contribution in [0.15, 0.2) is 24.3 Å². The molecule has 0 aliphatic rings. The van der Waals surface area contributed by atoms with E-state index in [-0.39, 0.29) is 24.9 Å². The standard InChI is InChI=1S/C17H28N4O2/c1-5-10-18-16(22)12-21(4)13-17(23)19-11-14-6-8-15(9-7-14)20(2)3/h6-9H,5,10-13H2,1-4H3,(H,18,22)(H,19,23). The summed E-state index contributed by atoms with van der Waals surface area (Å²) >= 11 is 0. The van der Waals surface area contributed by atoms with Crippen LogP contribution in [0.2, 0.25) is 0 Å². The Morgan fingerprint density at radius 1 is 0.957 bits per heavy atom. The van der Waals surface area contributed by atoms with Crippen LogP contribution >= 0.6 is 0 Å². The highest BCUT2D eigenvalue weighted by Gasteiger charge is 2.10. The van der Waals surface area contributed by atoms with E-state index in [0.717, 1.165) is 17.7 Å². The SMILES string of the molecule is CCCNC(=O)CN(C)CC(=O)NCc1ccc(N(C)C)cc1. The molecule has 2 N–H and O–H groups in total. The summed E-state index contributed by atoms with van der Waals surface area (Å²) < 4.78 is 0. The molecule has 0 heterocycles. The summed E-state index contributed by atoms with van der Waals surface area (Å²) in [6, 6.07) is 8.03. The van der Waals surface area contributed by atoms with Crippen LogP contribution in [0, 0.1) is 0 Å². The zero-order valence-electron chi connectivity index (χ0n) is 14.6. The van der Waals surface area contributed by atoms with E-state index in [0.29, 0.717) is 13.1 Å². The molecule has 0 spiro atoms. The Balaban J connectivity index is 2.31. The lowest BCUT2D eigenvalue weighted by Gasteiger charge is -2.16. The predicted molar refractivity (Wildman–Crippen MR) is 93.4 cm³/mol. The number of benzene rings is 1. The van der Waals surface area contributed by atoms with Gasteiger partial charge in [0.1, 0.15) is 0 Å². The maximum absolute atomic E-state index is 11.9. The van der Waals surface area contributed by atoms with Gasteiger partial charge in [0, 0.05) is 32.9 Å². The second kappa shape index (κ2) is 9.84. The van der Waals surface area contributed by atoms with Crippen LogP contribution in [0.1, 0.15) is 18.9 Å². The predicted octanol–water partition coefficient (Wildman–Crippen LogP) is 0.827. The Kier molecular flexibility index (Phi) is 8.11. The van der Waals surface area contributed by atoms with E-state index in [1.807, 2.05) is 50.2 Å². The van der Waals surface area contributed by atoms with Gasteiger partial charge in [-0.15, -0.1) is 0 Å². The van der Waals surface area contributed by atoms with Crippen molar-refractivity contribution in [3.8, 4) is 0 Å². The number of likely N-dealkylation sites (N-methyl/N-ethyl adjacent to an activating group) is 1. The van der Waals surface area contributed by atoms with Crippen LogP contribution in [-0.4, -0.2) is 57.5 Å². The lowest BCUT2D eigenvalue weighted by Crippen LogP contribution is -2.40. The first kappa shape index (κ1) is 19.0. The number of hydrogen-bond acceptors (Lipinski definition) is 4. The molecule has 6 heteroatoms. The summed E-state index contributed by atoms with van der Waals surface area (Å²) in [5, 5.41) is 5.66. The molecular weight excluding hydrogens is 292 g/mol. The molecule has 2 amide bonds. The van der Waals surface area contributed by atoms with Crippen LogP contribution < -0.4 is 15.5 Å². The van der Waals surface area contributed by atoms with Crippen molar-refractivity contribution < 1.29 is 9.59 Å². The first-order chi connectivity index (χ1) is 10.9. The van der Waals surface area contributed by atoms with Crippen molar-refractivity contribution in [3.63, 3.8) is 0 Å². The minimum atomic E-state index is -0.0903. The van der Waals surface area contributed by atoms with Crippen molar-refractivity contribution in [2.75, 3.05) is 45.7 Å². The number of nitrogens with zero attached hydrogens (tertiary/aromatic N) is 2. The molecule has 0 aliphatic heterocycles. The summed E-state index contributed by atoms with van der Waals surface area (Å²) in [5.41, 5.74) is 2.17. The second-order valence-corrected chi connectivity index (χ2v) is 5.86. The lowest BCUT2D eigenvalue weighted by molar-refractivity contribution is -0.124. The zero-order valence-corrected chi connectivity index (χ0v) is 14.6. The van der Waals surface area contributed by atoms with Gasteiger partial charge in [-0.1, -0.05) is 19.1 Å². The van der Waals surface area contributed by atoms with Crippen LogP contribution in [-0.2, 0) is 16.1 Å². The fraction of sp³-hybridized carbons (Fsp3) is 0.529. The fourth-order valence-electron chi connectivity index (χ4n) is 2.04. The molecule has 0 atom stereocenters. The summed E-state index contributed by atoms with van der Waals surface area (Å²) in [6.07, 6.45) is 0.905. The molecule has 0 aromatic heterocycles.